The summed E-state index contributed by atoms with van der Waals surface area (Å²) in [5.74, 6) is 0.0964. The number of ether oxygens (including phenoxy) is 1. The van der Waals surface area contributed by atoms with E-state index in [2.05, 4.69) is 17.0 Å². The molecule has 0 bridgehead atoms. The predicted octanol–water partition coefficient (Wildman–Crippen LogP) is 5.83. The number of hydrogen-bond acceptors (Lipinski definition) is 4. The predicted molar refractivity (Wildman–Crippen MR) is 127 cm³/mol. The Kier molecular flexibility index (Phi) is 10.4. The van der Waals surface area contributed by atoms with E-state index in [4.69, 9.17) is 4.74 Å². The van der Waals surface area contributed by atoms with E-state index >= 15 is 0 Å². The van der Waals surface area contributed by atoms with Crippen molar-refractivity contribution in [1.29, 1.82) is 0 Å². The minimum Gasteiger partial charge on any atom is -0.495 e. The summed E-state index contributed by atoms with van der Waals surface area (Å²) in [5.41, 5.74) is 1.28. The Morgan fingerprint density at radius 2 is 1.55 bits per heavy atom. The van der Waals surface area contributed by atoms with Crippen molar-refractivity contribution < 1.29 is 17.9 Å². The van der Waals surface area contributed by atoms with Gasteiger partial charge < -0.3 is 10.1 Å². The van der Waals surface area contributed by atoms with Crippen LogP contribution in [0.1, 0.15) is 68.6 Å². The molecule has 0 aliphatic rings. The maximum Gasteiger partial charge on any atom is 0.255 e. The van der Waals surface area contributed by atoms with Crippen LogP contribution >= 0.6 is 0 Å². The first kappa shape index (κ1) is 24.7. The quantitative estimate of drug-likeness (QED) is 0.358. The highest BCUT2D eigenvalue weighted by Gasteiger charge is 2.16. The molecule has 2 aromatic carbocycles. The second-order valence-corrected chi connectivity index (χ2v) is 9.47. The minimum atomic E-state index is -3.53. The van der Waals surface area contributed by atoms with Gasteiger partial charge in [-0.2, -0.15) is 0 Å². The number of hydrogen-bond donors (Lipinski definition) is 2. The lowest BCUT2D eigenvalue weighted by Gasteiger charge is -2.13. The van der Waals surface area contributed by atoms with E-state index < -0.39 is 10.0 Å². The van der Waals surface area contributed by atoms with Gasteiger partial charge in [-0.1, -0.05) is 70.1 Å². The van der Waals surface area contributed by atoms with Gasteiger partial charge in [0.1, 0.15) is 5.75 Å². The Morgan fingerprint density at radius 1 is 0.903 bits per heavy atom. The van der Waals surface area contributed by atoms with Crippen LogP contribution in [0.2, 0.25) is 0 Å². The third kappa shape index (κ3) is 9.00. The molecular formula is C24H34N2O4S. The molecule has 0 aliphatic heterocycles. The highest BCUT2D eigenvalue weighted by Crippen LogP contribution is 2.27. The maximum absolute atomic E-state index is 12.5. The van der Waals surface area contributed by atoms with Crippen LogP contribution in [0.25, 0.3) is 0 Å². The molecule has 2 rings (SSSR count). The smallest absolute Gasteiger partial charge is 0.255 e. The van der Waals surface area contributed by atoms with E-state index in [1.165, 1.54) is 38.9 Å². The van der Waals surface area contributed by atoms with Crippen molar-refractivity contribution in [3.8, 4) is 5.75 Å². The summed E-state index contributed by atoms with van der Waals surface area (Å²) in [5, 5.41) is 2.80. The van der Waals surface area contributed by atoms with E-state index in [1.807, 2.05) is 18.2 Å². The van der Waals surface area contributed by atoms with Crippen LogP contribution in [0.3, 0.4) is 0 Å². The second kappa shape index (κ2) is 13.0. The number of amides is 1. The molecular weight excluding hydrogens is 412 g/mol. The molecule has 2 aromatic rings. The average molecular weight is 447 g/mol. The van der Waals surface area contributed by atoms with E-state index in [-0.39, 0.29) is 17.3 Å². The molecule has 31 heavy (non-hydrogen) atoms. The third-order valence-electron chi connectivity index (χ3n) is 5.03. The normalized spacial score (nSPS) is 11.2. The fraction of sp³-hybridized carbons (Fsp3) is 0.458. The number of benzene rings is 2. The third-order valence-corrected chi connectivity index (χ3v) is 6.38. The van der Waals surface area contributed by atoms with Crippen molar-refractivity contribution >= 4 is 27.3 Å². The van der Waals surface area contributed by atoms with Crippen LogP contribution in [0.15, 0.2) is 48.5 Å². The van der Waals surface area contributed by atoms with Crippen molar-refractivity contribution in [2.75, 3.05) is 22.9 Å². The van der Waals surface area contributed by atoms with Gasteiger partial charge in [-0.15, -0.1) is 0 Å². The Bertz CT molecular complexity index is 914. The number of carbonyl (C=O) groups excluding carboxylic acids is 1. The fourth-order valence-corrected chi connectivity index (χ4v) is 4.48. The molecule has 0 saturated carbocycles. The zero-order valence-corrected chi connectivity index (χ0v) is 19.3. The molecule has 7 heteroatoms. The number of anilines is 2. The molecule has 0 saturated heterocycles. The van der Waals surface area contributed by atoms with Gasteiger partial charge in [0.15, 0.2) is 0 Å². The Balaban J connectivity index is 1.92. The molecule has 0 aromatic heterocycles. The van der Waals surface area contributed by atoms with Gasteiger partial charge in [0, 0.05) is 11.3 Å². The lowest BCUT2D eigenvalue weighted by molar-refractivity contribution is 0.102. The van der Waals surface area contributed by atoms with E-state index in [1.54, 1.807) is 24.3 Å². The van der Waals surface area contributed by atoms with Crippen LogP contribution in [0.4, 0.5) is 11.4 Å². The molecule has 2 N–H and O–H groups in total. The number of para-hydroxylation sites is 1. The SMILES string of the molecule is CCCCCCCCCCS(=O)(=O)Nc1cc(C(=O)Nc2ccccc2)ccc1OC. The Morgan fingerprint density at radius 3 is 2.19 bits per heavy atom. The molecule has 0 heterocycles. The lowest BCUT2D eigenvalue weighted by atomic mass is 10.1. The molecule has 0 unspecified atom stereocenters. The number of sulfonamides is 1. The van der Waals surface area contributed by atoms with Crippen LogP contribution in [-0.2, 0) is 10.0 Å². The van der Waals surface area contributed by atoms with Gasteiger partial charge in [0.25, 0.3) is 5.91 Å². The van der Waals surface area contributed by atoms with Crippen molar-refractivity contribution in [2.45, 2.75) is 58.3 Å². The highest BCUT2D eigenvalue weighted by atomic mass is 32.2. The molecule has 0 fully saturated rings. The van der Waals surface area contributed by atoms with Gasteiger partial charge in [0.05, 0.1) is 18.6 Å². The minimum absolute atomic E-state index is 0.0472. The van der Waals surface area contributed by atoms with Crippen molar-refractivity contribution in [3.63, 3.8) is 0 Å². The molecule has 0 atom stereocenters. The van der Waals surface area contributed by atoms with Gasteiger partial charge in [-0.05, 0) is 36.8 Å². The van der Waals surface area contributed by atoms with E-state index in [9.17, 15) is 13.2 Å². The first-order valence-electron chi connectivity index (χ1n) is 11.0. The molecule has 0 spiro atoms. The van der Waals surface area contributed by atoms with Gasteiger partial charge in [0.2, 0.25) is 10.0 Å². The first-order valence-corrected chi connectivity index (χ1v) is 12.7. The van der Waals surface area contributed by atoms with E-state index in [0.717, 1.165) is 19.3 Å². The van der Waals surface area contributed by atoms with Gasteiger partial charge >= 0.3 is 0 Å². The molecule has 1 amide bonds. The number of unbranched alkanes of at least 4 members (excludes halogenated alkanes) is 7. The van der Waals surface area contributed by atoms with Gasteiger partial charge in [-0.3, -0.25) is 9.52 Å². The van der Waals surface area contributed by atoms with Crippen LogP contribution in [0.5, 0.6) is 5.75 Å². The molecule has 0 aliphatic carbocycles. The standard InChI is InChI=1S/C24H34N2O4S/c1-3-4-5-6-7-8-9-13-18-31(28,29)26-22-19-20(16-17-23(22)30-2)24(27)25-21-14-11-10-12-15-21/h10-12,14-17,19,26H,3-9,13,18H2,1-2H3,(H,25,27). The van der Waals surface area contributed by atoms with Crippen LogP contribution in [0, 0.1) is 0 Å². The zero-order chi connectivity index (χ0) is 22.5. The molecule has 6 nitrogen and oxygen atoms in total. The monoisotopic (exact) mass is 446 g/mol. The number of carbonyl (C=O) groups is 1. The molecule has 0 radical (unpaired) electrons. The lowest BCUT2D eigenvalue weighted by Crippen LogP contribution is -2.18. The number of methoxy groups -OCH3 is 1. The van der Waals surface area contributed by atoms with Crippen molar-refractivity contribution in [3.05, 3.63) is 54.1 Å². The maximum atomic E-state index is 12.5. The first-order chi connectivity index (χ1) is 14.9. The highest BCUT2D eigenvalue weighted by molar-refractivity contribution is 7.92. The summed E-state index contributed by atoms with van der Waals surface area (Å²) in [6, 6.07) is 13.8. The zero-order valence-electron chi connectivity index (χ0n) is 18.5. The summed E-state index contributed by atoms with van der Waals surface area (Å²) >= 11 is 0. The summed E-state index contributed by atoms with van der Waals surface area (Å²) in [7, 11) is -2.06. The Labute approximate surface area is 186 Å². The molecule has 170 valence electrons. The number of nitrogens with one attached hydrogen (secondary N) is 2. The summed E-state index contributed by atoms with van der Waals surface area (Å²) in [4.78, 5) is 12.5. The summed E-state index contributed by atoms with van der Waals surface area (Å²) in [6.45, 7) is 2.19. The summed E-state index contributed by atoms with van der Waals surface area (Å²) < 4.78 is 33.0. The number of rotatable bonds is 14. The second-order valence-electron chi connectivity index (χ2n) is 7.63. The fourth-order valence-electron chi connectivity index (χ4n) is 3.30. The van der Waals surface area contributed by atoms with Crippen LogP contribution < -0.4 is 14.8 Å². The largest absolute Gasteiger partial charge is 0.495 e. The van der Waals surface area contributed by atoms with Crippen LogP contribution in [-0.4, -0.2) is 27.2 Å². The Hall–Kier alpha value is -2.54. The van der Waals surface area contributed by atoms with Crippen molar-refractivity contribution in [2.24, 2.45) is 0 Å². The van der Waals surface area contributed by atoms with Gasteiger partial charge in [-0.25, -0.2) is 8.42 Å². The topological polar surface area (TPSA) is 84.5 Å². The van der Waals surface area contributed by atoms with E-state index in [0.29, 0.717) is 23.4 Å². The summed E-state index contributed by atoms with van der Waals surface area (Å²) in [6.07, 6.45) is 8.67. The average Bonchev–Trinajstić information content (AvgIpc) is 2.76. The van der Waals surface area contributed by atoms with Crippen molar-refractivity contribution in [1.82, 2.24) is 0 Å².